The van der Waals surface area contributed by atoms with Crippen LogP contribution in [0.25, 0.3) is 0 Å². The lowest BCUT2D eigenvalue weighted by Gasteiger charge is -2.15. The van der Waals surface area contributed by atoms with Gasteiger partial charge in [0.2, 0.25) is 5.43 Å². The minimum absolute atomic E-state index is 0.0958. The maximum Gasteiger partial charge on any atom is 0.263 e. The number of para-hydroxylation sites is 3. The molecule has 0 aliphatic rings. The van der Waals surface area contributed by atoms with E-state index in [0.29, 0.717) is 47.1 Å². The SMILES string of the molecule is CCCCCc1c(C)oc(CCC)c(C(=O)Nc2ccccc2Oc2ccccc2)c1=O. The van der Waals surface area contributed by atoms with Gasteiger partial charge in [0.25, 0.3) is 5.91 Å². The molecule has 0 aliphatic carbocycles. The lowest BCUT2D eigenvalue weighted by atomic mass is 10.0. The van der Waals surface area contributed by atoms with Crippen LogP contribution in [-0.2, 0) is 12.8 Å². The minimum Gasteiger partial charge on any atom is -0.465 e. The van der Waals surface area contributed by atoms with E-state index in [1.54, 1.807) is 12.1 Å². The van der Waals surface area contributed by atoms with Crippen molar-refractivity contribution in [2.75, 3.05) is 5.32 Å². The molecule has 0 saturated carbocycles. The third kappa shape index (κ3) is 5.67. The van der Waals surface area contributed by atoms with E-state index >= 15 is 0 Å². The van der Waals surface area contributed by atoms with Crippen LogP contribution in [0.5, 0.6) is 11.5 Å². The zero-order valence-corrected chi connectivity index (χ0v) is 19.1. The number of amides is 1. The molecule has 0 unspecified atom stereocenters. The first-order valence-electron chi connectivity index (χ1n) is 11.3. The number of carbonyl (C=O) groups is 1. The highest BCUT2D eigenvalue weighted by molar-refractivity contribution is 6.05. The first-order valence-corrected chi connectivity index (χ1v) is 11.3. The molecular weight excluding hydrogens is 402 g/mol. The number of hydrogen-bond donors (Lipinski definition) is 1. The van der Waals surface area contributed by atoms with Gasteiger partial charge in [-0.1, -0.05) is 57.0 Å². The van der Waals surface area contributed by atoms with E-state index in [4.69, 9.17) is 9.15 Å². The summed E-state index contributed by atoms with van der Waals surface area (Å²) < 4.78 is 11.9. The van der Waals surface area contributed by atoms with Gasteiger partial charge in [-0.25, -0.2) is 0 Å². The normalized spacial score (nSPS) is 10.7. The summed E-state index contributed by atoms with van der Waals surface area (Å²) in [4.78, 5) is 26.6. The first kappa shape index (κ1) is 23.3. The van der Waals surface area contributed by atoms with Gasteiger partial charge in [-0.2, -0.15) is 0 Å². The van der Waals surface area contributed by atoms with Crippen molar-refractivity contribution < 1.29 is 13.9 Å². The fourth-order valence-corrected chi connectivity index (χ4v) is 3.67. The molecule has 5 heteroatoms. The van der Waals surface area contributed by atoms with Crippen molar-refractivity contribution in [3.8, 4) is 11.5 Å². The van der Waals surface area contributed by atoms with E-state index in [9.17, 15) is 9.59 Å². The second-order valence-electron chi connectivity index (χ2n) is 7.84. The van der Waals surface area contributed by atoms with Crippen LogP contribution in [-0.4, -0.2) is 5.91 Å². The fourth-order valence-electron chi connectivity index (χ4n) is 3.67. The molecule has 3 rings (SSSR count). The summed E-state index contributed by atoms with van der Waals surface area (Å²) >= 11 is 0. The van der Waals surface area contributed by atoms with Crippen LogP contribution in [0.1, 0.15) is 67.0 Å². The van der Waals surface area contributed by atoms with Gasteiger partial charge in [0.05, 0.1) is 5.69 Å². The third-order valence-corrected chi connectivity index (χ3v) is 5.32. The summed E-state index contributed by atoms with van der Waals surface area (Å²) in [6, 6.07) is 16.5. The fraction of sp³-hybridized carbons (Fsp3) is 0.333. The number of anilines is 1. The van der Waals surface area contributed by atoms with Crippen LogP contribution >= 0.6 is 0 Å². The van der Waals surface area contributed by atoms with Gasteiger partial charge in [-0.15, -0.1) is 0 Å². The van der Waals surface area contributed by atoms with Crippen molar-refractivity contribution in [1.29, 1.82) is 0 Å². The van der Waals surface area contributed by atoms with Crippen LogP contribution in [0.2, 0.25) is 0 Å². The molecule has 1 N–H and O–H groups in total. The molecule has 168 valence electrons. The number of unbranched alkanes of at least 4 members (excludes halogenated alkanes) is 2. The topological polar surface area (TPSA) is 68.5 Å². The Morgan fingerprint density at radius 2 is 1.66 bits per heavy atom. The number of aryl methyl sites for hydroxylation is 2. The Balaban J connectivity index is 1.94. The van der Waals surface area contributed by atoms with Crippen molar-refractivity contribution in [1.82, 2.24) is 0 Å². The highest BCUT2D eigenvalue weighted by Gasteiger charge is 2.23. The molecule has 1 heterocycles. The van der Waals surface area contributed by atoms with Crippen molar-refractivity contribution >= 4 is 11.6 Å². The molecule has 1 amide bonds. The van der Waals surface area contributed by atoms with Crippen LogP contribution in [0.4, 0.5) is 5.69 Å². The van der Waals surface area contributed by atoms with Crippen molar-refractivity contribution in [3.63, 3.8) is 0 Å². The van der Waals surface area contributed by atoms with Crippen LogP contribution in [0, 0.1) is 6.92 Å². The molecule has 0 radical (unpaired) electrons. The average Bonchev–Trinajstić information content (AvgIpc) is 2.78. The molecule has 0 fully saturated rings. The van der Waals surface area contributed by atoms with Crippen LogP contribution in [0.15, 0.2) is 63.8 Å². The monoisotopic (exact) mass is 433 g/mol. The predicted octanol–water partition coefficient (Wildman–Crippen LogP) is 6.68. The molecule has 32 heavy (non-hydrogen) atoms. The summed E-state index contributed by atoms with van der Waals surface area (Å²) in [6.45, 7) is 5.93. The zero-order chi connectivity index (χ0) is 22.9. The Hall–Kier alpha value is -3.34. The second kappa shape index (κ2) is 11.3. The molecule has 0 bridgehead atoms. The number of hydrogen-bond acceptors (Lipinski definition) is 4. The largest absolute Gasteiger partial charge is 0.465 e. The van der Waals surface area contributed by atoms with Crippen molar-refractivity contribution in [2.45, 2.75) is 59.3 Å². The van der Waals surface area contributed by atoms with Crippen LogP contribution in [0.3, 0.4) is 0 Å². The zero-order valence-electron chi connectivity index (χ0n) is 19.1. The molecule has 2 aromatic carbocycles. The summed E-state index contributed by atoms with van der Waals surface area (Å²) in [7, 11) is 0. The van der Waals surface area contributed by atoms with E-state index in [1.165, 1.54) is 0 Å². The maximum atomic E-state index is 13.3. The molecule has 0 aliphatic heterocycles. The molecule has 0 spiro atoms. The van der Waals surface area contributed by atoms with Gasteiger partial charge in [-0.05, 0) is 50.5 Å². The van der Waals surface area contributed by atoms with Crippen molar-refractivity contribution in [3.05, 3.63) is 87.5 Å². The summed E-state index contributed by atoms with van der Waals surface area (Å²) in [5, 5.41) is 2.88. The standard InChI is InChI=1S/C27H31NO4/c1-4-6-8-16-21-19(3)31-24(13-5-2)25(26(21)29)27(30)28-22-17-11-12-18-23(22)32-20-14-9-7-10-15-20/h7,9-12,14-15,17-18H,4-6,8,13,16H2,1-3H3,(H,28,30). The van der Waals surface area contributed by atoms with Gasteiger partial charge in [0, 0.05) is 12.0 Å². The Labute approximate surface area is 189 Å². The van der Waals surface area contributed by atoms with Gasteiger partial charge < -0.3 is 14.5 Å². The van der Waals surface area contributed by atoms with Gasteiger partial charge in [0.15, 0.2) is 5.75 Å². The molecule has 3 aromatic rings. The number of benzene rings is 2. The first-order chi connectivity index (χ1) is 15.5. The lowest BCUT2D eigenvalue weighted by Crippen LogP contribution is -2.27. The maximum absolute atomic E-state index is 13.3. The van der Waals surface area contributed by atoms with Gasteiger partial charge >= 0.3 is 0 Å². The summed E-state index contributed by atoms with van der Waals surface area (Å²) in [6.07, 6.45) is 4.89. The smallest absolute Gasteiger partial charge is 0.263 e. The Morgan fingerprint density at radius 3 is 2.38 bits per heavy atom. The Kier molecular flexibility index (Phi) is 8.26. The number of rotatable bonds is 10. The average molecular weight is 434 g/mol. The van der Waals surface area contributed by atoms with E-state index in [0.717, 1.165) is 25.7 Å². The molecule has 5 nitrogen and oxygen atoms in total. The number of ether oxygens (including phenoxy) is 1. The lowest BCUT2D eigenvalue weighted by molar-refractivity contribution is 0.102. The minimum atomic E-state index is -0.469. The summed E-state index contributed by atoms with van der Waals surface area (Å²) in [5.74, 6) is 1.74. The van der Waals surface area contributed by atoms with Crippen LogP contribution < -0.4 is 15.5 Å². The van der Waals surface area contributed by atoms with E-state index < -0.39 is 5.91 Å². The van der Waals surface area contributed by atoms with Crippen molar-refractivity contribution in [2.24, 2.45) is 0 Å². The highest BCUT2D eigenvalue weighted by Crippen LogP contribution is 2.29. The summed E-state index contributed by atoms with van der Waals surface area (Å²) in [5.41, 5.74) is 0.958. The van der Waals surface area contributed by atoms with E-state index in [1.807, 2.05) is 56.3 Å². The van der Waals surface area contributed by atoms with E-state index in [2.05, 4.69) is 12.2 Å². The quantitative estimate of drug-likeness (QED) is 0.362. The molecule has 1 aromatic heterocycles. The molecular formula is C27H31NO4. The third-order valence-electron chi connectivity index (χ3n) is 5.32. The number of carbonyl (C=O) groups excluding carboxylic acids is 1. The second-order valence-corrected chi connectivity index (χ2v) is 7.84. The molecule has 0 atom stereocenters. The highest BCUT2D eigenvalue weighted by atomic mass is 16.5. The Bertz CT molecular complexity index is 1100. The van der Waals surface area contributed by atoms with Gasteiger partial charge in [0.1, 0.15) is 22.8 Å². The van der Waals surface area contributed by atoms with E-state index in [-0.39, 0.29) is 11.0 Å². The molecule has 0 saturated heterocycles. The number of nitrogens with one attached hydrogen (secondary N) is 1. The Morgan fingerprint density at radius 1 is 0.938 bits per heavy atom. The predicted molar refractivity (Wildman–Crippen MR) is 128 cm³/mol. The van der Waals surface area contributed by atoms with Gasteiger partial charge in [-0.3, -0.25) is 9.59 Å².